The Morgan fingerprint density at radius 2 is 2.28 bits per heavy atom. The van der Waals surface area contributed by atoms with Crippen LogP contribution in [-0.2, 0) is 0 Å². The van der Waals surface area contributed by atoms with E-state index >= 15 is 0 Å². The first-order valence-corrected chi connectivity index (χ1v) is 6.36. The van der Waals surface area contributed by atoms with Crippen molar-refractivity contribution in [3.63, 3.8) is 0 Å². The molecular weight excluding hydrogens is 228 g/mol. The molecule has 1 aromatic heterocycles. The second-order valence-corrected chi connectivity index (χ2v) is 4.96. The number of hydrogen-bond acceptors (Lipinski definition) is 4. The quantitative estimate of drug-likeness (QED) is 0.560. The van der Waals surface area contributed by atoms with E-state index in [2.05, 4.69) is 22.7 Å². The number of pyridine rings is 1. The van der Waals surface area contributed by atoms with Gasteiger partial charge in [-0.15, -0.1) is 0 Å². The Labute approximate surface area is 107 Å². The van der Waals surface area contributed by atoms with Crippen molar-refractivity contribution in [3.05, 3.63) is 23.5 Å². The highest BCUT2D eigenvalue weighted by atomic mass is 16.1. The molecule has 5 nitrogen and oxygen atoms in total. The number of anilines is 1. The first-order chi connectivity index (χ1) is 8.60. The Balaban J connectivity index is 2.18. The van der Waals surface area contributed by atoms with Gasteiger partial charge in [-0.2, -0.15) is 0 Å². The molecule has 0 spiro atoms. The normalized spacial score (nSPS) is 16.8. The van der Waals surface area contributed by atoms with Crippen molar-refractivity contribution in [3.8, 4) is 0 Å². The summed E-state index contributed by atoms with van der Waals surface area (Å²) in [7, 11) is 0. The fraction of sp³-hybridized carbons (Fsp3) is 0.538. The summed E-state index contributed by atoms with van der Waals surface area (Å²) in [5.41, 5.74) is 4.48. The molecule has 0 aliphatic heterocycles. The number of rotatable bonds is 4. The van der Waals surface area contributed by atoms with Crippen LogP contribution in [-0.4, -0.2) is 16.4 Å². The minimum Gasteiger partial charge on any atom is -0.347 e. The van der Waals surface area contributed by atoms with E-state index in [9.17, 15) is 4.79 Å². The molecule has 1 aromatic rings. The van der Waals surface area contributed by atoms with Gasteiger partial charge in [0, 0.05) is 17.4 Å². The maximum absolute atomic E-state index is 12.3. The lowest BCUT2D eigenvalue weighted by Crippen LogP contribution is -2.53. The van der Waals surface area contributed by atoms with Gasteiger partial charge in [-0.3, -0.25) is 15.6 Å². The van der Waals surface area contributed by atoms with Gasteiger partial charge in [-0.25, -0.2) is 0 Å². The first-order valence-electron chi connectivity index (χ1n) is 6.36. The molecule has 1 fully saturated rings. The van der Waals surface area contributed by atoms with Gasteiger partial charge in [0.25, 0.3) is 5.91 Å². The number of nitrogens with zero attached hydrogens (tertiary/aromatic N) is 1. The molecule has 98 valence electrons. The minimum atomic E-state index is -0.1000. The SMILES string of the molecule is CCC1(NC(=O)c2cnc(C)cc2NN)CCC1. The summed E-state index contributed by atoms with van der Waals surface area (Å²) in [5.74, 6) is 5.34. The molecule has 0 bridgehead atoms. The fourth-order valence-corrected chi connectivity index (χ4v) is 2.34. The van der Waals surface area contributed by atoms with Crippen LogP contribution in [0.4, 0.5) is 5.69 Å². The number of nitrogens with one attached hydrogen (secondary N) is 2. The Bertz CT molecular complexity index is 449. The number of nitrogens with two attached hydrogens (primary N) is 1. The molecule has 1 amide bonds. The number of amides is 1. The fourth-order valence-electron chi connectivity index (χ4n) is 2.34. The molecule has 1 saturated carbocycles. The van der Waals surface area contributed by atoms with Gasteiger partial charge in [-0.1, -0.05) is 6.92 Å². The molecule has 0 radical (unpaired) electrons. The summed E-state index contributed by atoms with van der Waals surface area (Å²) >= 11 is 0. The molecule has 0 atom stereocenters. The third-order valence-electron chi connectivity index (χ3n) is 3.81. The summed E-state index contributed by atoms with van der Waals surface area (Å²) in [6, 6.07) is 1.77. The molecule has 0 aromatic carbocycles. The summed E-state index contributed by atoms with van der Waals surface area (Å²) in [6.07, 6.45) is 5.83. The van der Waals surface area contributed by atoms with Gasteiger partial charge in [-0.05, 0) is 38.7 Å². The van der Waals surface area contributed by atoms with Crippen LogP contribution in [0.3, 0.4) is 0 Å². The lowest BCUT2D eigenvalue weighted by atomic mass is 9.74. The summed E-state index contributed by atoms with van der Waals surface area (Å²) in [4.78, 5) is 16.4. The van der Waals surface area contributed by atoms with E-state index in [0.717, 1.165) is 25.0 Å². The predicted octanol–water partition coefficient (Wildman–Crippen LogP) is 1.74. The molecule has 0 unspecified atom stereocenters. The molecule has 5 heteroatoms. The van der Waals surface area contributed by atoms with Crippen molar-refractivity contribution in [2.45, 2.75) is 45.1 Å². The van der Waals surface area contributed by atoms with Crippen LogP contribution < -0.4 is 16.6 Å². The molecule has 2 rings (SSSR count). The highest BCUT2D eigenvalue weighted by Gasteiger charge is 2.36. The molecule has 1 aliphatic rings. The minimum absolute atomic E-state index is 0.0200. The van der Waals surface area contributed by atoms with Crippen LogP contribution in [0.15, 0.2) is 12.3 Å². The van der Waals surface area contributed by atoms with E-state index in [1.807, 2.05) is 6.92 Å². The van der Waals surface area contributed by atoms with Crippen LogP contribution >= 0.6 is 0 Å². The number of carbonyl (C=O) groups excluding carboxylic acids is 1. The number of carbonyl (C=O) groups is 1. The van der Waals surface area contributed by atoms with Crippen molar-refractivity contribution < 1.29 is 4.79 Å². The van der Waals surface area contributed by atoms with Crippen LogP contribution in [0.5, 0.6) is 0 Å². The van der Waals surface area contributed by atoms with Gasteiger partial charge in [0.2, 0.25) is 0 Å². The molecule has 18 heavy (non-hydrogen) atoms. The number of hydrazine groups is 1. The van der Waals surface area contributed by atoms with Gasteiger partial charge in [0.15, 0.2) is 0 Å². The summed E-state index contributed by atoms with van der Waals surface area (Å²) in [6.45, 7) is 3.97. The molecular formula is C13H20N4O. The molecule has 1 aliphatic carbocycles. The zero-order chi connectivity index (χ0) is 13.2. The summed E-state index contributed by atoms with van der Waals surface area (Å²) < 4.78 is 0. The van der Waals surface area contributed by atoms with Crippen molar-refractivity contribution in [2.24, 2.45) is 5.84 Å². The maximum atomic E-state index is 12.3. The van der Waals surface area contributed by atoms with E-state index in [1.54, 1.807) is 12.3 Å². The van der Waals surface area contributed by atoms with Crippen molar-refractivity contribution in [2.75, 3.05) is 5.43 Å². The largest absolute Gasteiger partial charge is 0.347 e. The third-order valence-corrected chi connectivity index (χ3v) is 3.81. The average Bonchev–Trinajstić information content (AvgIpc) is 2.33. The average molecular weight is 248 g/mol. The zero-order valence-corrected chi connectivity index (χ0v) is 10.9. The third kappa shape index (κ3) is 2.31. The second kappa shape index (κ2) is 4.94. The van der Waals surface area contributed by atoms with Crippen molar-refractivity contribution in [1.82, 2.24) is 10.3 Å². The van der Waals surface area contributed by atoms with Gasteiger partial charge in [0.05, 0.1) is 11.3 Å². The number of hydrogen-bond donors (Lipinski definition) is 3. The smallest absolute Gasteiger partial charge is 0.255 e. The Morgan fingerprint density at radius 1 is 1.56 bits per heavy atom. The molecule has 4 N–H and O–H groups in total. The van der Waals surface area contributed by atoms with E-state index < -0.39 is 0 Å². The van der Waals surface area contributed by atoms with Crippen LogP contribution in [0.2, 0.25) is 0 Å². The number of aromatic nitrogens is 1. The van der Waals surface area contributed by atoms with Crippen LogP contribution in [0.1, 0.15) is 48.7 Å². The van der Waals surface area contributed by atoms with Gasteiger partial charge in [0.1, 0.15) is 0 Å². The monoisotopic (exact) mass is 248 g/mol. The van der Waals surface area contributed by atoms with Crippen molar-refractivity contribution >= 4 is 11.6 Å². The predicted molar refractivity (Wildman–Crippen MR) is 71.1 cm³/mol. The van der Waals surface area contributed by atoms with Crippen molar-refractivity contribution in [1.29, 1.82) is 0 Å². The van der Waals surface area contributed by atoms with Crippen LogP contribution in [0, 0.1) is 6.92 Å². The first kappa shape index (κ1) is 12.8. The second-order valence-electron chi connectivity index (χ2n) is 4.96. The van der Waals surface area contributed by atoms with E-state index in [0.29, 0.717) is 11.3 Å². The Hall–Kier alpha value is -1.62. The van der Waals surface area contributed by atoms with E-state index in [-0.39, 0.29) is 11.4 Å². The van der Waals surface area contributed by atoms with Gasteiger partial charge >= 0.3 is 0 Å². The molecule has 1 heterocycles. The summed E-state index contributed by atoms with van der Waals surface area (Å²) in [5, 5.41) is 3.12. The zero-order valence-electron chi connectivity index (χ0n) is 10.9. The lowest BCUT2D eigenvalue weighted by molar-refractivity contribution is 0.0821. The standard InChI is InChI=1S/C13H20N4O/c1-3-13(5-4-6-13)16-12(18)10-8-15-9(2)7-11(10)17-14/h7-8H,3-6,14H2,1-2H3,(H,15,17)(H,16,18). The lowest BCUT2D eigenvalue weighted by Gasteiger charge is -2.42. The molecule has 0 saturated heterocycles. The van der Waals surface area contributed by atoms with Gasteiger partial charge < -0.3 is 10.7 Å². The number of aryl methyl sites for hydroxylation is 1. The topological polar surface area (TPSA) is 80.0 Å². The Morgan fingerprint density at radius 3 is 2.78 bits per heavy atom. The highest BCUT2D eigenvalue weighted by molar-refractivity contribution is 5.99. The van der Waals surface area contributed by atoms with E-state index in [4.69, 9.17) is 5.84 Å². The van der Waals surface area contributed by atoms with Crippen LogP contribution in [0.25, 0.3) is 0 Å². The highest BCUT2D eigenvalue weighted by Crippen LogP contribution is 2.35. The van der Waals surface area contributed by atoms with E-state index in [1.165, 1.54) is 6.42 Å². The number of nitrogen functional groups attached to an aromatic ring is 1. The maximum Gasteiger partial charge on any atom is 0.255 e. The Kier molecular flexibility index (Phi) is 3.52.